The lowest BCUT2D eigenvalue weighted by Gasteiger charge is -2.03. The van der Waals surface area contributed by atoms with Crippen molar-refractivity contribution >= 4 is 78.3 Å². The molecule has 0 spiro atoms. The molecule has 0 radical (unpaired) electrons. The average Bonchev–Trinajstić information content (AvgIpc) is 3.80. The quantitative estimate of drug-likeness (QED) is 0.160. The monoisotopic (exact) mass is 604 g/mol. The van der Waals surface area contributed by atoms with E-state index in [4.69, 9.17) is 20.0 Å². The van der Waals surface area contributed by atoms with Gasteiger partial charge < -0.3 is 30.1 Å². The first-order valence-electron chi connectivity index (χ1n) is 14.3. The molecule has 1 aliphatic rings. The molecule has 0 amide bonds. The Kier molecular flexibility index (Phi) is 5.21. The van der Waals surface area contributed by atoms with Crippen LogP contribution in [0.5, 0.6) is 0 Å². The number of hydrogen-bond donors (Lipinski definition) is 6. The van der Waals surface area contributed by atoms with Gasteiger partial charge in [0.25, 0.3) is 0 Å². The van der Waals surface area contributed by atoms with Crippen molar-refractivity contribution < 1.29 is 19.8 Å². The molecule has 0 aliphatic carbocycles. The first-order chi connectivity index (χ1) is 22.4. The normalized spacial score (nSPS) is 12.5. The van der Waals surface area contributed by atoms with Gasteiger partial charge in [-0.3, -0.25) is 0 Å². The molecule has 0 saturated heterocycles. The molecule has 4 aromatic heterocycles. The molecule has 1 aliphatic heterocycles. The molecule has 4 aromatic carbocycles. The van der Waals surface area contributed by atoms with E-state index < -0.39 is 17.5 Å². The van der Waals surface area contributed by atoms with Crippen LogP contribution in [0, 0.1) is 0 Å². The summed E-state index contributed by atoms with van der Waals surface area (Å²) in [4.78, 5) is 57.8. The van der Waals surface area contributed by atoms with Crippen LogP contribution in [-0.2, 0) is 0 Å². The van der Waals surface area contributed by atoms with Gasteiger partial charge in [-0.05, 0) is 12.1 Å². The molecule has 0 atom stereocenters. The molecule has 9 rings (SSSR count). The van der Waals surface area contributed by atoms with Crippen molar-refractivity contribution in [3.05, 3.63) is 118 Å². The summed E-state index contributed by atoms with van der Waals surface area (Å²) in [6.45, 7) is 0. The average molecular weight is 605 g/mol. The van der Waals surface area contributed by atoms with Crippen LogP contribution in [-0.4, -0.2) is 42.1 Å². The number of aromatic nitrogens is 4. The summed E-state index contributed by atoms with van der Waals surface area (Å²) in [6.07, 6.45) is 0. The second-order valence-electron chi connectivity index (χ2n) is 10.9. The highest BCUT2D eigenvalue weighted by Gasteiger charge is 2.23. The summed E-state index contributed by atoms with van der Waals surface area (Å²) in [6, 6.07) is 25.9. The van der Waals surface area contributed by atoms with Gasteiger partial charge in [0.2, 0.25) is 0 Å². The third kappa shape index (κ3) is 3.67. The predicted octanol–water partition coefficient (Wildman–Crippen LogP) is 5.13. The minimum Gasteiger partial charge on any atom is -0.478 e. The van der Waals surface area contributed by atoms with Gasteiger partial charge in [0.15, 0.2) is 0 Å². The van der Waals surface area contributed by atoms with Gasteiger partial charge in [0.05, 0.1) is 11.1 Å². The number of carboxylic acids is 2. The molecule has 8 aromatic rings. The molecule has 12 heteroatoms. The first kappa shape index (κ1) is 25.7. The Morgan fingerprint density at radius 2 is 0.826 bits per heavy atom. The number of hydrogen-bond acceptors (Lipinski definition) is 6. The third-order valence-electron chi connectivity index (χ3n) is 8.30. The Balaban J connectivity index is 1.52. The van der Waals surface area contributed by atoms with Crippen molar-refractivity contribution in [3.8, 4) is 0 Å². The van der Waals surface area contributed by atoms with Crippen LogP contribution in [0.3, 0.4) is 0 Å². The van der Waals surface area contributed by atoms with Crippen molar-refractivity contribution in [2.24, 2.45) is 20.0 Å². The van der Waals surface area contributed by atoms with Crippen molar-refractivity contribution in [2.75, 3.05) is 0 Å². The number of aromatic amines is 4. The minimum absolute atomic E-state index is 0.119. The van der Waals surface area contributed by atoms with Crippen LogP contribution in [0.2, 0.25) is 0 Å². The number of nitrogens with one attached hydrogen (secondary N) is 4. The summed E-state index contributed by atoms with van der Waals surface area (Å²) in [7, 11) is 0. The summed E-state index contributed by atoms with van der Waals surface area (Å²) >= 11 is 0. The molecule has 0 fully saturated rings. The lowest BCUT2D eigenvalue weighted by atomic mass is 10.0. The minimum atomic E-state index is -1.40. The number of carboxylic acid groups (broad SMARTS) is 2. The number of rotatable bonds is 2. The highest BCUT2D eigenvalue weighted by atomic mass is 16.4. The van der Waals surface area contributed by atoms with E-state index >= 15 is 0 Å². The zero-order valence-corrected chi connectivity index (χ0v) is 23.6. The summed E-state index contributed by atoms with van der Waals surface area (Å²) < 4.78 is 0. The van der Waals surface area contributed by atoms with Gasteiger partial charge in [-0.2, -0.15) is 0 Å². The van der Waals surface area contributed by atoms with Crippen molar-refractivity contribution in [3.63, 3.8) is 0 Å². The fourth-order valence-electron chi connectivity index (χ4n) is 6.27. The summed E-state index contributed by atoms with van der Waals surface area (Å²) in [5.41, 5.74) is 0.881. The highest BCUT2D eigenvalue weighted by molar-refractivity contribution is 6.12. The van der Waals surface area contributed by atoms with Crippen LogP contribution in [0.25, 0.3) is 43.1 Å². The standard InChI is InChI=1S/C34H20N8O4/c43-33(44)22-14-13-21-23(24(22)34(45)46)32-41-30-20-12-6-5-11-19(20)28(39-30)37-26-16-8-2-1-7-15(16)25(35-26)36-27-17-9-3-4-10-18(17)29(38-27)40-31(21)42-32/h1-14H,(H,43,44)(H,45,46)(H4,35,36,37,38,39,40,41,42). The van der Waals surface area contributed by atoms with Gasteiger partial charge in [-0.15, -0.1) is 0 Å². The zero-order chi connectivity index (χ0) is 31.1. The third-order valence-corrected chi connectivity index (χ3v) is 8.30. The van der Waals surface area contributed by atoms with E-state index in [1.165, 1.54) is 6.07 Å². The predicted molar refractivity (Wildman–Crippen MR) is 170 cm³/mol. The lowest BCUT2D eigenvalue weighted by Crippen LogP contribution is -2.13. The lowest BCUT2D eigenvalue weighted by molar-refractivity contribution is 0.0653. The zero-order valence-electron chi connectivity index (χ0n) is 23.6. The van der Waals surface area contributed by atoms with Gasteiger partial charge in [-0.1, -0.05) is 72.8 Å². The molecular formula is C34H20N8O4. The second kappa shape index (κ2) is 9.34. The molecule has 12 nitrogen and oxygen atoms in total. The van der Waals surface area contributed by atoms with E-state index in [9.17, 15) is 19.8 Å². The van der Waals surface area contributed by atoms with Gasteiger partial charge in [0.1, 0.15) is 45.2 Å². The highest BCUT2D eigenvalue weighted by Crippen LogP contribution is 2.35. The maximum absolute atomic E-state index is 12.6. The molecule has 46 heavy (non-hydrogen) atoms. The molecule has 0 unspecified atom stereocenters. The topological polar surface area (TPSA) is 187 Å². The Labute approximate surface area is 255 Å². The summed E-state index contributed by atoms with van der Waals surface area (Å²) in [5.74, 6) is -0.798. The van der Waals surface area contributed by atoms with E-state index in [0.717, 1.165) is 32.3 Å². The van der Waals surface area contributed by atoms with E-state index in [0.29, 0.717) is 45.1 Å². The Morgan fingerprint density at radius 3 is 1.26 bits per heavy atom. The van der Waals surface area contributed by atoms with E-state index in [1.54, 1.807) is 6.07 Å². The van der Waals surface area contributed by atoms with Crippen LogP contribution < -0.4 is 22.0 Å². The largest absolute Gasteiger partial charge is 0.478 e. The number of benzene rings is 4. The second-order valence-corrected chi connectivity index (χ2v) is 10.9. The van der Waals surface area contributed by atoms with E-state index in [1.807, 2.05) is 72.8 Å². The Morgan fingerprint density at radius 1 is 0.435 bits per heavy atom. The number of fused-ring (bicyclic) bond motifs is 20. The number of nitrogens with zero attached hydrogens (tertiary/aromatic N) is 4. The first-order valence-corrected chi connectivity index (χ1v) is 14.3. The Hall–Kier alpha value is -6.82. The van der Waals surface area contributed by atoms with Crippen LogP contribution in [0.1, 0.15) is 20.7 Å². The van der Waals surface area contributed by atoms with E-state index in [-0.39, 0.29) is 16.4 Å². The maximum atomic E-state index is 12.6. The molecule has 6 N–H and O–H groups in total. The molecule has 220 valence electrons. The molecule has 0 saturated carbocycles. The van der Waals surface area contributed by atoms with E-state index in [2.05, 4.69) is 19.9 Å². The van der Waals surface area contributed by atoms with Crippen molar-refractivity contribution in [1.82, 2.24) is 19.9 Å². The van der Waals surface area contributed by atoms with Crippen molar-refractivity contribution in [1.29, 1.82) is 0 Å². The fraction of sp³-hybridized carbons (Fsp3) is 0. The maximum Gasteiger partial charge on any atom is 0.337 e. The van der Waals surface area contributed by atoms with Crippen LogP contribution in [0.15, 0.2) is 105 Å². The van der Waals surface area contributed by atoms with Crippen LogP contribution >= 0.6 is 0 Å². The number of carbonyl (C=O) groups is 2. The molecular weight excluding hydrogens is 584 g/mol. The van der Waals surface area contributed by atoms with Gasteiger partial charge in [0, 0.05) is 43.1 Å². The Bertz CT molecular complexity index is 2880. The van der Waals surface area contributed by atoms with Crippen molar-refractivity contribution in [2.45, 2.75) is 0 Å². The number of H-pyrrole nitrogens is 4. The number of aromatic carboxylic acids is 2. The fourth-order valence-corrected chi connectivity index (χ4v) is 6.27. The van der Waals surface area contributed by atoms with Gasteiger partial charge in [-0.25, -0.2) is 29.6 Å². The SMILES string of the molecule is O=C(O)c1ccc2c3[nH]c(c2c1C(=O)O)=Nc1[nH]c(c2ccccc12)N=c1[nH]c(c2ccccc12)=Nc1[nH]c(c2ccccc12)N=3. The van der Waals surface area contributed by atoms with Gasteiger partial charge >= 0.3 is 11.9 Å². The van der Waals surface area contributed by atoms with Crippen LogP contribution in [0.4, 0.5) is 23.3 Å². The molecule has 5 heterocycles. The summed E-state index contributed by atoms with van der Waals surface area (Å²) in [5, 5.41) is 25.6. The molecule has 8 bridgehead atoms. The smallest absolute Gasteiger partial charge is 0.337 e.